The van der Waals surface area contributed by atoms with Gasteiger partial charge in [0.15, 0.2) is 0 Å². The lowest BCUT2D eigenvalue weighted by atomic mass is 10.3. The lowest BCUT2D eigenvalue weighted by Gasteiger charge is -2.02. The maximum absolute atomic E-state index is 5.72. The number of nitrogens with two attached hydrogens (primary N) is 2. The van der Waals surface area contributed by atoms with E-state index in [4.69, 9.17) is 11.5 Å². The minimum absolute atomic E-state index is 0.0393. The molecule has 4 N–H and O–H groups in total. The molecule has 0 aliphatic heterocycles. The molecule has 2 nitrogen and oxygen atoms in total. The Morgan fingerprint density at radius 1 is 1.55 bits per heavy atom. The molecule has 0 saturated carbocycles. The van der Waals surface area contributed by atoms with Crippen LogP contribution in [0.5, 0.6) is 0 Å². The van der Waals surface area contributed by atoms with Crippen LogP contribution in [0.4, 0.5) is 0 Å². The van der Waals surface area contributed by atoms with E-state index in [2.05, 4.69) is 31.9 Å². The van der Waals surface area contributed by atoms with Crippen LogP contribution in [0.15, 0.2) is 14.3 Å². The quantitative estimate of drug-likeness (QED) is 0.880. The summed E-state index contributed by atoms with van der Waals surface area (Å²) >= 11 is 8.38. The molecule has 1 aromatic rings. The van der Waals surface area contributed by atoms with Gasteiger partial charge in [0.2, 0.25) is 0 Å². The van der Waals surface area contributed by atoms with E-state index in [-0.39, 0.29) is 6.04 Å². The Bertz CT molecular complexity index is 229. The molecule has 1 aromatic heterocycles. The molecule has 62 valence electrons. The average Bonchev–Trinajstić information content (AvgIpc) is 2.31. The summed E-state index contributed by atoms with van der Waals surface area (Å²) in [7, 11) is 0. The van der Waals surface area contributed by atoms with Crippen LogP contribution in [0.1, 0.15) is 10.9 Å². The van der Waals surface area contributed by atoms with Crippen molar-refractivity contribution in [1.29, 1.82) is 0 Å². The highest BCUT2D eigenvalue weighted by molar-refractivity contribution is 9.13. The predicted octanol–water partition coefficient (Wildman–Crippen LogP) is 2.23. The van der Waals surface area contributed by atoms with Gasteiger partial charge in [-0.25, -0.2) is 0 Å². The fourth-order valence-electron chi connectivity index (χ4n) is 0.662. The van der Waals surface area contributed by atoms with Crippen LogP contribution in [0, 0.1) is 0 Å². The number of thiophene rings is 1. The monoisotopic (exact) mass is 298 g/mol. The smallest absolute Gasteiger partial charge is 0.0843 e. The van der Waals surface area contributed by atoms with E-state index in [0.29, 0.717) is 6.54 Å². The Hall–Kier alpha value is 0.580. The zero-order valence-electron chi connectivity index (χ0n) is 5.68. The summed E-state index contributed by atoms with van der Waals surface area (Å²) in [6.45, 7) is 0.486. The predicted molar refractivity (Wildman–Crippen MR) is 55.7 cm³/mol. The van der Waals surface area contributed by atoms with Crippen LogP contribution >= 0.6 is 43.2 Å². The van der Waals surface area contributed by atoms with Crippen LogP contribution in [0.3, 0.4) is 0 Å². The molecule has 1 rings (SSSR count). The molecule has 0 aliphatic rings. The molecule has 1 atom stereocenters. The second kappa shape index (κ2) is 4.00. The van der Waals surface area contributed by atoms with Gasteiger partial charge >= 0.3 is 0 Å². The van der Waals surface area contributed by atoms with Gasteiger partial charge in [0.1, 0.15) is 0 Å². The van der Waals surface area contributed by atoms with E-state index < -0.39 is 0 Å². The minimum Gasteiger partial charge on any atom is -0.329 e. The van der Waals surface area contributed by atoms with E-state index in [0.717, 1.165) is 13.1 Å². The van der Waals surface area contributed by atoms with Crippen LogP contribution in [0.2, 0.25) is 0 Å². The van der Waals surface area contributed by atoms with Gasteiger partial charge in [-0.3, -0.25) is 0 Å². The van der Waals surface area contributed by atoms with Crippen molar-refractivity contribution in [3.8, 4) is 0 Å². The standard InChI is InChI=1S/C6H8Br2N2S/c7-3-1-5(4(10)2-9)11-6(3)8/h1,4H,2,9-10H2/t4-/m1/s1. The number of hydrogen-bond acceptors (Lipinski definition) is 3. The summed E-state index contributed by atoms with van der Waals surface area (Å²) in [6, 6.07) is 1.95. The molecule has 0 fully saturated rings. The molecule has 0 unspecified atom stereocenters. The van der Waals surface area contributed by atoms with Gasteiger partial charge < -0.3 is 11.5 Å². The van der Waals surface area contributed by atoms with Gasteiger partial charge in [-0.05, 0) is 37.9 Å². The van der Waals surface area contributed by atoms with Crippen LogP contribution in [0.25, 0.3) is 0 Å². The van der Waals surface area contributed by atoms with E-state index in [1.54, 1.807) is 11.3 Å². The molecule has 11 heavy (non-hydrogen) atoms. The summed E-state index contributed by atoms with van der Waals surface area (Å²) in [4.78, 5) is 1.10. The van der Waals surface area contributed by atoms with Gasteiger partial charge in [0, 0.05) is 15.9 Å². The zero-order chi connectivity index (χ0) is 8.43. The van der Waals surface area contributed by atoms with E-state index in [1.165, 1.54) is 0 Å². The van der Waals surface area contributed by atoms with Crippen LogP contribution in [-0.4, -0.2) is 6.54 Å². The van der Waals surface area contributed by atoms with E-state index in [9.17, 15) is 0 Å². The Balaban J connectivity index is 2.88. The van der Waals surface area contributed by atoms with Crippen molar-refractivity contribution >= 4 is 43.2 Å². The summed E-state index contributed by atoms with van der Waals surface area (Å²) in [5, 5.41) is 0. The highest BCUT2D eigenvalue weighted by atomic mass is 79.9. The van der Waals surface area contributed by atoms with Crippen molar-refractivity contribution in [1.82, 2.24) is 0 Å². The minimum atomic E-state index is -0.0393. The summed E-state index contributed by atoms with van der Waals surface area (Å²) in [6.07, 6.45) is 0. The molecule has 5 heteroatoms. The van der Waals surface area contributed by atoms with Gasteiger partial charge in [-0.15, -0.1) is 11.3 Å². The van der Waals surface area contributed by atoms with Crippen molar-refractivity contribution in [2.24, 2.45) is 11.5 Å². The van der Waals surface area contributed by atoms with Crippen molar-refractivity contribution < 1.29 is 0 Å². The van der Waals surface area contributed by atoms with Gasteiger partial charge in [0.05, 0.1) is 9.83 Å². The topological polar surface area (TPSA) is 52.0 Å². The summed E-state index contributed by atoms with van der Waals surface area (Å²) in [5.74, 6) is 0. The molecule has 0 saturated heterocycles. The Morgan fingerprint density at radius 3 is 2.55 bits per heavy atom. The molecular formula is C6H8Br2N2S. The highest BCUT2D eigenvalue weighted by Gasteiger charge is 2.09. The third kappa shape index (κ3) is 2.26. The van der Waals surface area contributed by atoms with Gasteiger partial charge in [0.25, 0.3) is 0 Å². The molecule has 0 spiro atoms. The SMILES string of the molecule is NC[C@@H](N)c1cc(Br)c(Br)s1. The van der Waals surface area contributed by atoms with Crippen molar-refractivity contribution in [3.63, 3.8) is 0 Å². The maximum atomic E-state index is 5.72. The summed E-state index contributed by atoms with van der Waals surface area (Å²) < 4.78 is 2.11. The van der Waals surface area contributed by atoms with Crippen molar-refractivity contribution in [2.75, 3.05) is 6.54 Å². The van der Waals surface area contributed by atoms with Crippen molar-refractivity contribution in [2.45, 2.75) is 6.04 Å². The van der Waals surface area contributed by atoms with Gasteiger partial charge in [-0.1, -0.05) is 0 Å². The van der Waals surface area contributed by atoms with E-state index >= 15 is 0 Å². The molecule has 0 aromatic carbocycles. The Labute approximate surface area is 86.2 Å². The molecule has 0 aliphatic carbocycles. The lowest BCUT2D eigenvalue weighted by Crippen LogP contribution is -2.19. The normalized spacial score (nSPS) is 13.5. The number of halogens is 2. The molecule has 0 amide bonds. The fraction of sp³-hybridized carbons (Fsp3) is 0.333. The second-order valence-corrected chi connectivity index (χ2v) is 5.37. The summed E-state index contributed by atoms with van der Waals surface area (Å²) in [5.41, 5.74) is 11.1. The first-order chi connectivity index (χ1) is 5.15. The van der Waals surface area contributed by atoms with Gasteiger partial charge in [-0.2, -0.15) is 0 Å². The molecular weight excluding hydrogens is 292 g/mol. The first-order valence-electron chi connectivity index (χ1n) is 3.05. The van der Waals surface area contributed by atoms with E-state index in [1.807, 2.05) is 6.07 Å². The van der Waals surface area contributed by atoms with Crippen molar-refractivity contribution in [3.05, 3.63) is 19.2 Å². The average molecular weight is 300 g/mol. The highest BCUT2D eigenvalue weighted by Crippen LogP contribution is 2.34. The fourth-order valence-corrected chi connectivity index (χ4v) is 2.77. The molecule has 0 bridgehead atoms. The molecule has 0 radical (unpaired) electrons. The maximum Gasteiger partial charge on any atom is 0.0843 e. The first-order valence-corrected chi connectivity index (χ1v) is 5.45. The largest absolute Gasteiger partial charge is 0.329 e. The lowest BCUT2D eigenvalue weighted by molar-refractivity contribution is 0.751. The number of hydrogen-bond donors (Lipinski definition) is 2. The number of rotatable bonds is 2. The molecule has 1 heterocycles. The third-order valence-electron chi connectivity index (χ3n) is 1.28. The first kappa shape index (κ1) is 9.67. The van der Waals surface area contributed by atoms with Crippen LogP contribution in [-0.2, 0) is 0 Å². The van der Waals surface area contributed by atoms with Crippen LogP contribution < -0.4 is 11.5 Å². The zero-order valence-corrected chi connectivity index (χ0v) is 9.67. The Morgan fingerprint density at radius 2 is 2.18 bits per heavy atom. The Kier molecular flexibility index (Phi) is 3.52. The third-order valence-corrected chi connectivity index (χ3v) is 4.67. The second-order valence-electron chi connectivity index (χ2n) is 2.11.